The van der Waals surface area contributed by atoms with Gasteiger partial charge in [-0.2, -0.15) is 4.31 Å². The Morgan fingerprint density at radius 3 is 2.14 bits per heavy atom. The van der Waals surface area contributed by atoms with Gasteiger partial charge in [-0.25, -0.2) is 12.8 Å². The van der Waals surface area contributed by atoms with Gasteiger partial charge in [-0.3, -0.25) is 9.59 Å². The van der Waals surface area contributed by atoms with Gasteiger partial charge in [-0.05, 0) is 72.6 Å². The maximum absolute atomic E-state index is 13.9. The number of hydrogen-bond acceptors (Lipinski definition) is 4. The zero-order valence-electron chi connectivity index (χ0n) is 24.3. The quantitative estimate of drug-likeness (QED) is 0.285. The van der Waals surface area contributed by atoms with Crippen LogP contribution in [-0.2, 0) is 32.6 Å². The lowest BCUT2D eigenvalue weighted by Crippen LogP contribution is -2.43. The Bertz CT molecular complexity index is 1420. The number of benzene rings is 3. The molecule has 3 aromatic carbocycles. The highest BCUT2D eigenvalue weighted by atomic mass is 32.2. The van der Waals surface area contributed by atoms with Crippen LogP contribution in [0.15, 0.2) is 83.8 Å². The number of hydrogen-bond donors (Lipinski definition) is 1. The van der Waals surface area contributed by atoms with Crippen LogP contribution in [0.4, 0.5) is 4.39 Å². The second kappa shape index (κ2) is 14.6. The number of amides is 2. The smallest absolute Gasteiger partial charge is 0.247 e. The minimum atomic E-state index is -3.52. The van der Waals surface area contributed by atoms with Crippen LogP contribution in [-0.4, -0.2) is 49.1 Å². The highest BCUT2D eigenvalue weighted by molar-refractivity contribution is 7.89. The predicted molar refractivity (Wildman–Crippen MR) is 161 cm³/mol. The van der Waals surface area contributed by atoms with E-state index in [0.29, 0.717) is 43.1 Å². The Balaban J connectivity index is 1.55. The second-order valence-corrected chi connectivity index (χ2v) is 13.1. The van der Waals surface area contributed by atoms with Gasteiger partial charge < -0.3 is 10.2 Å². The first-order valence-corrected chi connectivity index (χ1v) is 16.0. The molecular weight excluding hydrogens is 553 g/mol. The lowest BCUT2D eigenvalue weighted by Gasteiger charge is -2.32. The lowest BCUT2D eigenvalue weighted by molar-refractivity contribution is -0.141. The summed E-state index contributed by atoms with van der Waals surface area (Å²) in [7, 11) is -3.52. The van der Waals surface area contributed by atoms with Gasteiger partial charge in [0.15, 0.2) is 0 Å². The van der Waals surface area contributed by atoms with E-state index >= 15 is 0 Å². The molecule has 42 heavy (non-hydrogen) atoms. The van der Waals surface area contributed by atoms with E-state index in [1.807, 2.05) is 30.3 Å². The first-order valence-electron chi connectivity index (χ1n) is 14.6. The summed E-state index contributed by atoms with van der Waals surface area (Å²) in [6, 6.07) is 20.9. The molecule has 1 aliphatic rings. The lowest BCUT2D eigenvalue weighted by atomic mass is 10.0. The number of rotatable bonds is 13. The molecule has 7 nitrogen and oxygen atoms in total. The fourth-order valence-electron chi connectivity index (χ4n) is 5.10. The van der Waals surface area contributed by atoms with Crippen molar-refractivity contribution in [3.05, 3.63) is 101 Å². The summed E-state index contributed by atoms with van der Waals surface area (Å²) in [5.41, 5.74) is 2.21. The fourth-order valence-corrected chi connectivity index (χ4v) is 6.62. The maximum Gasteiger partial charge on any atom is 0.247 e. The van der Waals surface area contributed by atoms with Crippen molar-refractivity contribution in [1.82, 2.24) is 14.5 Å². The van der Waals surface area contributed by atoms with Crippen molar-refractivity contribution in [2.24, 2.45) is 5.92 Å². The first kappa shape index (κ1) is 31.4. The van der Waals surface area contributed by atoms with E-state index in [0.717, 1.165) is 24.8 Å². The molecule has 2 amide bonds. The summed E-state index contributed by atoms with van der Waals surface area (Å²) >= 11 is 0. The molecule has 3 aromatic rings. The van der Waals surface area contributed by atoms with Crippen LogP contribution in [0.25, 0.3) is 0 Å². The van der Waals surface area contributed by atoms with Crippen molar-refractivity contribution in [2.45, 2.75) is 63.4 Å². The third-order valence-electron chi connectivity index (χ3n) is 7.54. The summed E-state index contributed by atoms with van der Waals surface area (Å²) in [6.45, 7) is 5.86. The van der Waals surface area contributed by atoms with Gasteiger partial charge in [0.05, 0.1) is 4.90 Å². The Kier molecular flexibility index (Phi) is 10.9. The van der Waals surface area contributed by atoms with Crippen LogP contribution >= 0.6 is 0 Å². The molecular formula is C33H40FN3O4S. The third kappa shape index (κ3) is 8.26. The average molecular weight is 594 g/mol. The van der Waals surface area contributed by atoms with Gasteiger partial charge in [0.25, 0.3) is 0 Å². The van der Waals surface area contributed by atoms with E-state index in [-0.39, 0.29) is 35.5 Å². The summed E-state index contributed by atoms with van der Waals surface area (Å²) in [5.74, 6) is -0.471. The SMILES string of the molecule is CC(C)CCNC(=O)[C@H](c1ccccc1)N(Cc1ccc(F)cc1)C(=O)CCc1ccc(S(=O)(=O)N2CCCC2)cc1. The molecule has 1 aliphatic heterocycles. The Morgan fingerprint density at radius 2 is 1.52 bits per heavy atom. The number of nitrogens with one attached hydrogen (secondary N) is 1. The van der Waals surface area contributed by atoms with Gasteiger partial charge in [0, 0.05) is 32.6 Å². The van der Waals surface area contributed by atoms with Crippen molar-refractivity contribution < 1.29 is 22.4 Å². The van der Waals surface area contributed by atoms with Crippen LogP contribution in [0.2, 0.25) is 0 Å². The molecule has 0 unspecified atom stereocenters. The number of sulfonamides is 1. The number of nitrogens with zero attached hydrogens (tertiary/aromatic N) is 2. The van der Waals surface area contributed by atoms with Gasteiger partial charge in [-0.15, -0.1) is 0 Å². The minimum Gasteiger partial charge on any atom is -0.354 e. The number of aryl methyl sites for hydroxylation is 1. The van der Waals surface area contributed by atoms with Crippen molar-refractivity contribution in [3.63, 3.8) is 0 Å². The molecule has 1 saturated heterocycles. The van der Waals surface area contributed by atoms with Crippen LogP contribution in [0, 0.1) is 11.7 Å². The molecule has 4 rings (SSSR count). The Labute approximate surface area is 248 Å². The molecule has 0 radical (unpaired) electrons. The van der Waals surface area contributed by atoms with E-state index in [9.17, 15) is 22.4 Å². The number of carbonyl (C=O) groups is 2. The third-order valence-corrected chi connectivity index (χ3v) is 9.45. The second-order valence-electron chi connectivity index (χ2n) is 11.2. The van der Waals surface area contributed by atoms with Gasteiger partial charge in [0.2, 0.25) is 21.8 Å². The number of halogens is 1. The minimum absolute atomic E-state index is 0.113. The first-order chi connectivity index (χ1) is 20.1. The average Bonchev–Trinajstić information content (AvgIpc) is 3.54. The molecule has 1 fully saturated rings. The molecule has 0 aliphatic carbocycles. The molecule has 224 valence electrons. The molecule has 1 N–H and O–H groups in total. The number of carbonyl (C=O) groups excluding carboxylic acids is 2. The van der Waals surface area contributed by atoms with E-state index in [2.05, 4.69) is 19.2 Å². The highest BCUT2D eigenvalue weighted by Crippen LogP contribution is 2.26. The summed E-state index contributed by atoms with van der Waals surface area (Å²) in [6.07, 6.45) is 3.03. The topological polar surface area (TPSA) is 86.8 Å². The molecule has 9 heteroatoms. The molecule has 0 saturated carbocycles. The molecule has 1 heterocycles. The summed E-state index contributed by atoms with van der Waals surface area (Å²) in [4.78, 5) is 29.3. The fraction of sp³-hybridized carbons (Fsp3) is 0.394. The monoisotopic (exact) mass is 593 g/mol. The van der Waals surface area contributed by atoms with Crippen molar-refractivity contribution >= 4 is 21.8 Å². The highest BCUT2D eigenvalue weighted by Gasteiger charge is 2.31. The predicted octanol–water partition coefficient (Wildman–Crippen LogP) is 5.48. The van der Waals surface area contributed by atoms with E-state index in [1.165, 1.54) is 16.4 Å². The van der Waals surface area contributed by atoms with Crippen molar-refractivity contribution in [2.75, 3.05) is 19.6 Å². The van der Waals surface area contributed by atoms with Gasteiger partial charge in [-0.1, -0.05) is 68.4 Å². The molecule has 0 aromatic heterocycles. The zero-order valence-corrected chi connectivity index (χ0v) is 25.2. The normalized spacial score (nSPS) is 14.6. The zero-order chi connectivity index (χ0) is 30.1. The Morgan fingerprint density at radius 1 is 0.905 bits per heavy atom. The standard InChI is InChI=1S/C33H40FN3O4S/c1-25(2)20-21-35-33(39)32(28-8-4-3-5-9-28)37(24-27-10-15-29(34)16-11-27)31(38)19-14-26-12-17-30(18-13-26)42(40,41)36-22-6-7-23-36/h3-5,8-13,15-18,25,32H,6-7,14,19-24H2,1-2H3,(H,35,39)/t32-/m0/s1. The van der Waals surface area contributed by atoms with Crippen molar-refractivity contribution in [3.8, 4) is 0 Å². The molecule has 1 atom stereocenters. The van der Waals surface area contributed by atoms with E-state index < -0.39 is 16.1 Å². The summed E-state index contributed by atoms with van der Waals surface area (Å²) < 4.78 is 40.9. The van der Waals surface area contributed by atoms with Gasteiger partial charge >= 0.3 is 0 Å². The molecule has 0 bridgehead atoms. The largest absolute Gasteiger partial charge is 0.354 e. The Hall–Kier alpha value is -3.56. The maximum atomic E-state index is 13.9. The van der Waals surface area contributed by atoms with E-state index in [1.54, 1.807) is 41.3 Å². The van der Waals surface area contributed by atoms with Crippen LogP contribution < -0.4 is 5.32 Å². The van der Waals surface area contributed by atoms with Gasteiger partial charge in [0.1, 0.15) is 11.9 Å². The molecule has 0 spiro atoms. The van der Waals surface area contributed by atoms with E-state index in [4.69, 9.17) is 0 Å². The summed E-state index contributed by atoms with van der Waals surface area (Å²) in [5, 5.41) is 3.01. The van der Waals surface area contributed by atoms with Crippen LogP contribution in [0.3, 0.4) is 0 Å². The van der Waals surface area contributed by atoms with Crippen molar-refractivity contribution in [1.29, 1.82) is 0 Å². The van der Waals surface area contributed by atoms with Crippen LogP contribution in [0.1, 0.15) is 62.3 Å². The van der Waals surface area contributed by atoms with Crippen LogP contribution in [0.5, 0.6) is 0 Å².